The van der Waals surface area contributed by atoms with Crippen LogP contribution in [0.25, 0.3) is 0 Å². The van der Waals surface area contributed by atoms with Crippen LogP contribution in [-0.4, -0.2) is 38.3 Å². The second-order valence-corrected chi connectivity index (χ2v) is 11.1. The first kappa shape index (κ1) is 22.1. The lowest BCUT2D eigenvalue weighted by Gasteiger charge is -2.41. The van der Waals surface area contributed by atoms with Crippen LogP contribution in [0.2, 0.25) is 0 Å². The quantitative estimate of drug-likeness (QED) is 0.490. The van der Waals surface area contributed by atoms with Gasteiger partial charge in [-0.2, -0.15) is 0 Å². The molecule has 32 heavy (non-hydrogen) atoms. The van der Waals surface area contributed by atoms with E-state index in [-0.39, 0.29) is 0 Å². The van der Waals surface area contributed by atoms with Gasteiger partial charge in [0.15, 0.2) is 0 Å². The van der Waals surface area contributed by atoms with Crippen LogP contribution in [0.4, 0.5) is 0 Å². The van der Waals surface area contributed by atoms with Crippen molar-refractivity contribution in [1.82, 2.24) is 19.7 Å². The fourth-order valence-electron chi connectivity index (χ4n) is 7.25. The van der Waals surface area contributed by atoms with Gasteiger partial charge in [0.05, 0.1) is 0 Å². The highest BCUT2D eigenvalue weighted by Crippen LogP contribution is 2.44. The SMILES string of the molecule is Cc1nnc(C(C)C)n1C1CC2CCC(C1)N2CCC(c1ccccc1)C1CCCCC1. The molecular weight excluding hydrogens is 392 g/mol. The first-order valence-electron chi connectivity index (χ1n) is 13.3. The predicted molar refractivity (Wildman–Crippen MR) is 131 cm³/mol. The lowest BCUT2D eigenvalue weighted by Crippen LogP contribution is -2.44. The first-order chi connectivity index (χ1) is 15.6. The molecule has 5 rings (SSSR count). The molecule has 0 amide bonds. The van der Waals surface area contributed by atoms with Gasteiger partial charge in [0.1, 0.15) is 11.6 Å². The Morgan fingerprint density at radius 1 is 0.875 bits per heavy atom. The van der Waals surface area contributed by atoms with Crippen LogP contribution < -0.4 is 0 Å². The Labute approximate surface area is 194 Å². The van der Waals surface area contributed by atoms with Crippen LogP contribution in [0.3, 0.4) is 0 Å². The van der Waals surface area contributed by atoms with Gasteiger partial charge in [0.2, 0.25) is 0 Å². The van der Waals surface area contributed by atoms with Crippen LogP contribution in [0.5, 0.6) is 0 Å². The van der Waals surface area contributed by atoms with Crippen LogP contribution in [0, 0.1) is 12.8 Å². The van der Waals surface area contributed by atoms with Crippen molar-refractivity contribution in [2.45, 2.75) is 115 Å². The highest BCUT2D eigenvalue weighted by molar-refractivity contribution is 5.21. The molecule has 3 unspecified atom stereocenters. The van der Waals surface area contributed by atoms with Gasteiger partial charge >= 0.3 is 0 Å². The zero-order valence-electron chi connectivity index (χ0n) is 20.4. The number of hydrogen-bond acceptors (Lipinski definition) is 3. The van der Waals surface area contributed by atoms with Crippen molar-refractivity contribution in [3.63, 3.8) is 0 Å². The number of rotatable bonds is 7. The van der Waals surface area contributed by atoms with E-state index in [9.17, 15) is 0 Å². The standard InChI is InChI=1S/C28H42N4/c1-20(2)28-30-29-21(3)32(28)26-18-24-14-15-25(19-26)31(24)17-16-27(22-10-6-4-7-11-22)23-12-8-5-9-13-23/h4,6-7,10-11,20,23-27H,5,8-9,12-19H2,1-3H3. The fraction of sp³-hybridized carbons (Fsp3) is 0.714. The number of hydrogen-bond donors (Lipinski definition) is 0. The molecule has 4 nitrogen and oxygen atoms in total. The summed E-state index contributed by atoms with van der Waals surface area (Å²) in [5, 5.41) is 8.97. The van der Waals surface area contributed by atoms with E-state index in [1.54, 1.807) is 5.56 Å². The molecule has 0 spiro atoms. The summed E-state index contributed by atoms with van der Waals surface area (Å²) in [6.45, 7) is 7.91. The van der Waals surface area contributed by atoms with Gasteiger partial charge in [0, 0.05) is 24.0 Å². The Bertz CT molecular complexity index is 853. The number of benzene rings is 1. The Morgan fingerprint density at radius 2 is 1.56 bits per heavy atom. The zero-order valence-corrected chi connectivity index (χ0v) is 20.4. The van der Waals surface area contributed by atoms with Crippen molar-refractivity contribution in [2.75, 3.05) is 6.54 Å². The van der Waals surface area contributed by atoms with Crippen molar-refractivity contribution in [2.24, 2.45) is 5.92 Å². The minimum Gasteiger partial charge on any atom is -0.312 e. The second kappa shape index (κ2) is 9.67. The number of aryl methyl sites for hydroxylation is 1. The van der Waals surface area contributed by atoms with Gasteiger partial charge < -0.3 is 4.57 Å². The fourth-order valence-corrected chi connectivity index (χ4v) is 7.25. The molecule has 3 aliphatic rings. The molecule has 2 bridgehead atoms. The maximum Gasteiger partial charge on any atom is 0.135 e. The number of fused-ring (bicyclic) bond motifs is 2. The zero-order chi connectivity index (χ0) is 22.1. The maximum absolute atomic E-state index is 4.52. The van der Waals surface area contributed by atoms with Gasteiger partial charge in [-0.3, -0.25) is 4.90 Å². The van der Waals surface area contributed by atoms with Crippen LogP contribution >= 0.6 is 0 Å². The molecule has 1 aromatic heterocycles. The maximum atomic E-state index is 4.52. The van der Waals surface area contributed by atoms with Crippen LogP contribution in [-0.2, 0) is 0 Å². The predicted octanol–water partition coefficient (Wildman–Crippen LogP) is 6.63. The van der Waals surface area contributed by atoms with Gasteiger partial charge in [-0.1, -0.05) is 63.4 Å². The van der Waals surface area contributed by atoms with Gasteiger partial charge in [0.25, 0.3) is 0 Å². The largest absolute Gasteiger partial charge is 0.312 e. The van der Waals surface area contributed by atoms with Gasteiger partial charge in [-0.25, -0.2) is 0 Å². The Hall–Kier alpha value is -1.68. The molecule has 1 aromatic carbocycles. The van der Waals surface area contributed by atoms with Crippen molar-refractivity contribution < 1.29 is 0 Å². The molecule has 4 heteroatoms. The number of nitrogens with zero attached hydrogens (tertiary/aromatic N) is 4. The molecule has 3 atom stereocenters. The summed E-state index contributed by atoms with van der Waals surface area (Å²) in [4.78, 5) is 2.91. The molecule has 0 radical (unpaired) electrons. The molecule has 3 fully saturated rings. The normalized spacial score (nSPS) is 27.8. The number of piperidine rings is 1. The molecule has 0 N–H and O–H groups in total. The Balaban J connectivity index is 1.28. The van der Waals surface area contributed by atoms with E-state index in [0.717, 1.165) is 29.7 Å². The summed E-state index contributed by atoms with van der Waals surface area (Å²) in [6.07, 6.45) is 13.8. The molecule has 2 saturated heterocycles. The van der Waals surface area contributed by atoms with Crippen molar-refractivity contribution in [3.8, 4) is 0 Å². The van der Waals surface area contributed by atoms with E-state index in [1.165, 1.54) is 76.6 Å². The summed E-state index contributed by atoms with van der Waals surface area (Å²) in [5.74, 6) is 4.35. The lowest BCUT2D eigenvalue weighted by molar-refractivity contribution is 0.0970. The molecule has 2 aliphatic heterocycles. The summed E-state index contributed by atoms with van der Waals surface area (Å²) in [7, 11) is 0. The summed E-state index contributed by atoms with van der Waals surface area (Å²) in [6, 6.07) is 13.5. The summed E-state index contributed by atoms with van der Waals surface area (Å²) < 4.78 is 2.49. The third-order valence-electron chi connectivity index (χ3n) is 8.78. The highest BCUT2D eigenvalue weighted by Gasteiger charge is 2.42. The first-order valence-corrected chi connectivity index (χ1v) is 13.3. The summed E-state index contributed by atoms with van der Waals surface area (Å²) >= 11 is 0. The molecular formula is C28H42N4. The monoisotopic (exact) mass is 434 g/mol. The van der Waals surface area contributed by atoms with E-state index < -0.39 is 0 Å². The van der Waals surface area contributed by atoms with E-state index in [2.05, 4.69) is 70.8 Å². The lowest BCUT2D eigenvalue weighted by atomic mass is 9.75. The van der Waals surface area contributed by atoms with E-state index in [1.807, 2.05) is 0 Å². The average Bonchev–Trinajstić information content (AvgIpc) is 3.31. The number of aromatic nitrogens is 3. The molecule has 2 aromatic rings. The van der Waals surface area contributed by atoms with Gasteiger partial charge in [-0.15, -0.1) is 10.2 Å². The highest BCUT2D eigenvalue weighted by atomic mass is 15.3. The van der Waals surface area contributed by atoms with E-state index in [0.29, 0.717) is 12.0 Å². The second-order valence-electron chi connectivity index (χ2n) is 11.1. The Kier molecular flexibility index (Phi) is 6.69. The molecule has 174 valence electrons. The van der Waals surface area contributed by atoms with Crippen LogP contribution in [0.1, 0.15) is 113 Å². The summed E-state index contributed by atoms with van der Waals surface area (Å²) in [5.41, 5.74) is 1.59. The van der Waals surface area contributed by atoms with Crippen molar-refractivity contribution in [1.29, 1.82) is 0 Å². The third-order valence-corrected chi connectivity index (χ3v) is 8.78. The van der Waals surface area contributed by atoms with E-state index in [4.69, 9.17) is 0 Å². The minimum atomic E-state index is 0.439. The molecule has 3 heterocycles. The average molecular weight is 435 g/mol. The topological polar surface area (TPSA) is 34.0 Å². The smallest absolute Gasteiger partial charge is 0.135 e. The van der Waals surface area contributed by atoms with Gasteiger partial charge in [-0.05, 0) is 75.8 Å². The Morgan fingerprint density at radius 3 is 2.22 bits per heavy atom. The van der Waals surface area contributed by atoms with Crippen LogP contribution in [0.15, 0.2) is 30.3 Å². The third kappa shape index (κ3) is 4.40. The molecule has 1 aliphatic carbocycles. The minimum absolute atomic E-state index is 0.439. The van der Waals surface area contributed by atoms with E-state index >= 15 is 0 Å². The molecule has 1 saturated carbocycles. The van der Waals surface area contributed by atoms with Crippen molar-refractivity contribution in [3.05, 3.63) is 47.5 Å². The van der Waals surface area contributed by atoms with Crippen molar-refractivity contribution >= 4 is 0 Å².